The molecule has 0 unspecified atom stereocenters. The van der Waals surface area contributed by atoms with E-state index in [1.165, 1.54) is 17.4 Å². The minimum Gasteiger partial charge on any atom is -0.365 e. The van der Waals surface area contributed by atoms with Crippen molar-refractivity contribution in [1.29, 1.82) is 0 Å². The van der Waals surface area contributed by atoms with Crippen LogP contribution in [0.1, 0.15) is 20.8 Å². The summed E-state index contributed by atoms with van der Waals surface area (Å²) in [5.41, 5.74) is 7.51. The predicted octanol–water partition coefficient (Wildman–Crippen LogP) is 3.12. The fourth-order valence-corrected chi connectivity index (χ4v) is 5.03. The number of nitrogens with zero attached hydrogens (tertiary/aromatic N) is 1. The Hall–Kier alpha value is -3.49. The van der Waals surface area contributed by atoms with Crippen LogP contribution in [0.5, 0.6) is 0 Å². The van der Waals surface area contributed by atoms with E-state index < -0.39 is 17.7 Å². The van der Waals surface area contributed by atoms with Crippen LogP contribution in [0.15, 0.2) is 54.6 Å². The molecule has 1 aromatic heterocycles. The number of nitrogens with one attached hydrogen (secondary N) is 2. The number of thiophene rings is 1. The molecule has 1 aliphatic rings. The molecule has 7 nitrogen and oxygen atoms in total. The van der Waals surface area contributed by atoms with Crippen LogP contribution in [-0.4, -0.2) is 36.2 Å². The van der Waals surface area contributed by atoms with E-state index in [2.05, 4.69) is 15.5 Å². The molecule has 4 rings (SSSR count). The van der Waals surface area contributed by atoms with Crippen molar-refractivity contribution in [1.82, 2.24) is 4.90 Å². The summed E-state index contributed by atoms with van der Waals surface area (Å²) in [5.74, 6) is -1.48. The summed E-state index contributed by atoms with van der Waals surface area (Å²) < 4.78 is 0. The normalized spacial score (nSPS) is 13.8. The minimum atomic E-state index is -0.560. The lowest BCUT2D eigenvalue weighted by atomic mass is 10.0. The van der Waals surface area contributed by atoms with Gasteiger partial charge in [0.15, 0.2) is 0 Å². The molecule has 3 aromatic rings. The molecule has 4 N–H and O–H groups in total. The zero-order chi connectivity index (χ0) is 22.0. The number of benzene rings is 2. The van der Waals surface area contributed by atoms with Gasteiger partial charge in [-0.25, -0.2) is 0 Å². The van der Waals surface area contributed by atoms with Crippen LogP contribution in [0.3, 0.4) is 0 Å². The van der Waals surface area contributed by atoms with Crippen LogP contribution in [0.2, 0.25) is 0 Å². The number of hydrogen-bond acceptors (Lipinski definition) is 5. The van der Waals surface area contributed by atoms with Crippen LogP contribution in [0.4, 0.5) is 10.7 Å². The number of nitrogens with two attached hydrogens (primary N) is 1. The van der Waals surface area contributed by atoms with Crippen molar-refractivity contribution in [2.24, 2.45) is 5.73 Å². The van der Waals surface area contributed by atoms with Gasteiger partial charge in [-0.2, -0.15) is 0 Å². The maximum Gasteiger partial charge on any atom is 0.251 e. The highest BCUT2D eigenvalue weighted by Gasteiger charge is 2.26. The first-order valence-corrected chi connectivity index (χ1v) is 10.6. The Labute approximate surface area is 183 Å². The largest absolute Gasteiger partial charge is 0.365 e. The molecule has 0 saturated carbocycles. The first kappa shape index (κ1) is 20.8. The van der Waals surface area contributed by atoms with E-state index >= 15 is 0 Å². The van der Waals surface area contributed by atoms with Crippen LogP contribution in [-0.2, 0) is 22.6 Å². The van der Waals surface area contributed by atoms with E-state index in [4.69, 9.17) is 5.73 Å². The van der Waals surface area contributed by atoms with E-state index in [1.54, 1.807) is 6.07 Å². The Kier molecular flexibility index (Phi) is 5.83. The number of anilines is 2. The summed E-state index contributed by atoms with van der Waals surface area (Å²) in [5, 5.41) is 7.85. The van der Waals surface area contributed by atoms with Crippen LogP contribution in [0, 0.1) is 0 Å². The Bertz CT molecular complexity index is 1210. The zero-order valence-corrected chi connectivity index (χ0v) is 17.8. The quantitative estimate of drug-likeness (QED) is 0.537. The van der Waals surface area contributed by atoms with Gasteiger partial charge in [-0.3, -0.25) is 14.4 Å². The zero-order valence-electron chi connectivity index (χ0n) is 17.0. The third-order valence-corrected chi connectivity index (χ3v) is 6.30. The van der Waals surface area contributed by atoms with Gasteiger partial charge < -0.3 is 21.3 Å². The standard InChI is InChI=1S/C23H22N4O3S/c1-27-12-11-16-18(13-27)31-23(21(16)22(24)30)26-20(29)10-9-19(28)25-17-8-4-6-14-5-2-3-7-15(14)17/h2-10H,11-13H2,1H3,(H2,24,30)(H,25,28)(H,26,29). The fraction of sp³-hybridized carbons (Fsp3) is 0.174. The lowest BCUT2D eigenvalue weighted by Gasteiger charge is -2.22. The highest BCUT2D eigenvalue weighted by Crippen LogP contribution is 2.36. The molecule has 8 heteroatoms. The molecule has 0 fully saturated rings. The van der Waals surface area contributed by atoms with E-state index in [1.807, 2.05) is 43.4 Å². The van der Waals surface area contributed by atoms with Crippen molar-refractivity contribution >= 4 is 50.5 Å². The van der Waals surface area contributed by atoms with Crippen molar-refractivity contribution in [2.45, 2.75) is 13.0 Å². The Morgan fingerprint density at radius 1 is 1.03 bits per heavy atom. The number of rotatable bonds is 5. The number of fused-ring (bicyclic) bond motifs is 2. The van der Waals surface area contributed by atoms with Crippen LogP contribution in [0.25, 0.3) is 10.8 Å². The molecule has 2 heterocycles. The van der Waals surface area contributed by atoms with Crippen molar-refractivity contribution in [3.63, 3.8) is 0 Å². The summed E-state index contributed by atoms with van der Waals surface area (Å²) in [4.78, 5) is 39.9. The molecule has 0 bridgehead atoms. The minimum absolute atomic E-state index is 0.370. The van der Waals surface area contributed by atoms with Gasteiger partial charge >= 0.3 is 0 Å². The fourth-order valence-electron chi connectivity index (χ4n) is 3.69. The van der Waals surface area contributed by atoms with Gasteiger partial charge in [0.1, 0.15) is 5.00 Å². The van der Waals surface area contributed by atoms with Crippen molar-refractivity contribution in [2.75, 3.05) is 24.2 Å². The molecule has 3 amide bonds. The van der Waals surface area contributed by atoms with Crippen molar-refractivity contribution < 1.29 is 14.4 Å². The highest BCUT2D eigenvalue weighted by molar-refractivity contribution is 7.17. The third kappa shape index (κ3) is 4.50. The molecule has 0 saturated heterocycles. The van der Waals surface area contributed by atoms with E-state index in [9.17, 15) is 14.4 Å². The molecule has 0 atom stereocenters. The molecule has 0 spiro atoms. The second-order valence-corrected chi connectivity index (χ2v) is 8.50. The third-order valence-electron chi connectivity index (χ3n) is 5.16. The number of likely N-dealkylation sites (N-methyl/N-ethyl adjacent to an activating group) is 1. The summed E-state index contributed by atoms with van der Waals surface area (Å²) in [6.07, 6.45) is 3.03. The Morgan fingerprint density at radius 3 is 2.52 bits per heavy atom. The first-order valence-electron chi connectivity index (χ1n) is 9.83. The molecule has 31 heavy (non-hydrogen) atoms. The smallest absolute Gasteiger partial charge is 0.251 e. The average molecular weight is 435 g/mol. The van der Waals surface area contributed by atoms with Crippen molar-refractivity contribution in [3.8, 4) is 0 Å². The molecule has 0 radical (unpaired) electrons. The SMILES string of the molecule is CN1CCc2c(sc(NC(=O)C=CC(=O)Nc3cccc4ccccc34)c2C(N)=O)C1. The molecular formula is C23H22N4O3S. The lowest BCUT2D eigenvalue weighted by Crippen LogP contribution is -2.27. The van der Waals surface area contributed by atoms with Crippen LogP contribution >= 0.6 is 11.3 Å². The predicted molar refractivity (Wildman–Crippen MR) is 123 cm³/mol. The summed E-state index contributed by atoms with van der Waals surface area (Å²) in [6, 6.07) is 13.3. The van der Waals surface area contributed by atoms with E-state index in [-0.39, 0.29) is 0 Å². The van der Waals surface area contributed by atoms with E-state index in [0.717, 1.165) is 33.8 Å². The van der Waals surface area contributed by atoms with Crippen molar-refractivity contribution in [3.05, 3.63) is 70.6 Å². The monoisotopic (exact) mass is 434 g/mol. The average Bonchev–Trinajstić information content (AvgIpc) is 3.09. The topological polar surface area (TPSA) is 105 Å². The summed E-state index contributed by atoms with van der Waals surface area (Å²) >= 11 is 1.35. The van der Waals surface area contributed by atoms with Gasteiger partial charge in [0.05, 0.1) is 5.56 Å². The van der Waals surface area contributed by atoms with Gasteiger partial charge in [-0.1, -0.05) is 36.4 Å². The maximum absolute atomic E-state index is 12.4. The molecule has 1 aliphatic heterocycles. The number of primary amides is 1. The molecule has 0 aliphatic carbocycles. The first-order chi connectivity index (χ1) is 14.9. The van der Waals surface area contributed by atoms with Gasteiger partial charge in [0, 0.05) is 41.2 Å². The number of carbonyl (C=O) groups excluding carboxylic acids is 3. The Morgan fingerprint density at radius 2 is 1.74 bits per heavy atom. The maximum atomic E-state index is 12.4. The molecule has 2 aromatic carbocycles. The lowest BCUT2D eigenvalue weighted by molar-refractivity contribution is -0.114. The second-order valence-electron chi connectivity index (χ2n) is 7.40. The van der Waals surface area contributed by atoms with Gasteiger partial charge in [0.25, 0.3) is 5.91 Å². The Balaban J connectivity index is 1.46. The van der Waals surface area contributed by atoms with Gasteiger partial charge in [0.2, 0.25) is 11.8 Å². The van der Waals surface area contributed by atoms with Crippen LogP contribution < -0.4 is 16.4 Å². The number of carbonyl (C=O) groups is 3. The van der Waals surface area contributed by atoms with Gasteiger partial charge in [-0.05, 0) is 30.5 Å². The molecular weight excluding hydrogens is 412 g/mol. The summed E-state index contributed by atoms with van der Waals surface area (Å²) in [6.45, 7) is 1.53. The molecule has 158 valence electrons. The van der Waals surface area contributed by atoms with E-state index in [0.29, 0.717) is 29.2 Å². The second kappa shape index (κ2) is 8.71. The number of hydrogen-bond donors (Lipinski definition) is 3. The number of amides is 3. The summed E-state index contributed by atoms with van der Waals surface area (Å²) in [7, 11) is 2.00. The van der Waals surface area contributed by atoms with Gasteiger partial charge in [-0.15, -0.1) is 11.3 Å². The highest BCUT2D eigenvalue weighted by atomic mass is 32.1.